The van der Waals surface area contributed by atoms with Gasteiger partial charge in [-0.1, -0.05) is 51.1 Å². The van der Waals surface area contributed by atoms with Gasteiger partial charge >= 0.3 is 0 Å². The molecule has 2 nitrogen and oxygen atoms in total. The molecule has 1 saturated heterocycles. The first-order valence-electron chi connectivity index (χ1n) is 7.86. The van der Waals surface area contributed by atoms with Crippen LogP contribution in [0.1, 0.15) is 39.7 Å². The highest BCUT2D eigenvalue weighted by atomic mass is 16.3. The van der Waals surface area contributed by atoms with Crippen LogP contribution in [0.4, 0.5) is 0 Å². The lowest BCUT2D eigenvalue weighted by Crippen LogP contribution is -2.51. The minimum absolute atomic E-state index is 0.174. The van der Waals surface area contributed by atoms with Crippen LogP contribution in [-0.2, 0) is 5.41 Å². The molecule has 1 fully saturated rings. The third kappa shape index (κ3) is 3.24. The average Bonchev–Trinajstić information content (AvgIpc) is 2.45. The monoisotopic (exact) mass is 275 g/mol. The van der Waals surface area contributed by atoms with Gasteiger partial charge in [-0.3, -0.25) is 4.90 Å². The number of benzene rings is 1. The van der Waals surface area contributed by atoms with Gasteiger partial charge in [0.05, 0.1) is 6.61 Å². The van der Waals surface area contributed by atoms with E-state index in [-0.39, 0.29) is 12.0 Å². The van der Waals surface area contributed by atoms with E-state index in [2.05, 4.69) is 56.9 Å². The van der Waals surface area contributed by atoms with Gasteiger partial charge in [0.15, 0.2) is 0 Å². The fourth-order valence-electron chi connectivity index (χ4n) is 3.56. The zero-order valence-corrected chi connectivity index (χ0v) is 13.3. The van der Waals surface area contributed by atoms with E-state index in [0.29, 0.717) is 6.04 Å². The van der Waals surface area contributed by atoms with Crippen LogP contribution >= 0.6 is 0 Å². The lowest BCUT2D eigenvalue weighted by Gasteiger charge is -2.45. The van der Waals surface area contributed by atoms with Gasteiger partial charge in [0, 0.05) is 24.5 Å². The topological polar surface area (TPSA) is 23.5 Å². The Kier molecular flexibility index (Phi) is 4.87. The van der Waals surface area contributed by atoms with Gasteiger partial charge in [0.25, 0.3) is 0 Å². The Labute approximate surface area is 123 Å². The molecule has 0 amide bonds. The molecule has 1 aliphatic rings. The summed E-state index contributed by atoms with van der Waals surface area (Å²) >= 11 is 0. The van der Waals surface area contributed by atoms with E-state index in [1.54, 1.807) is 0 Å². The zero-order valence-electron chi connectivity index (χ0n) is 13.3. The minimum atomic E-state index is -0.174. The van der Waals surface area contributed by atoms with Gasteiger partial charge in [0.1, 0.15) is 0 Å². The first-order valence-corrected chi connectivity index (χ1v) is 7.86. The largest absolute Gasteiger partial charge is 0.395 e. The van der Waals surface area contributed by atoms with Crippen molar-refractivity contribution >= 4 is 0 Å². The Hall–Kier alpha value is -0.860. The average molecular weight is 275 g/mol. The smallest absolute Gasteiger partial charge is 0.0537 e. The van der Waals surface area contributed by atoms with Crippen LogP contribution in [0.15, 0.2) is 30.3 Å². The summed E-state index contributed by atoms with van der Waals surface area (Å²) in [6.07, 6.45) is 1.32. The Balaban J connectivity index is 2.17. The van der Waals surface area contributed by atoms with Gasteiger partial charge in [-0.2, -0.15) is 0 Å². The molecule has 20 heavy (non-hydrogen) atoms. The predicted octanol–water partition coefficient (Wildman–Crippen LogP) is 3.30. The van der Waals surface area contributed by atoms with E-state index in [1.807, 2.05) is 6.07 Å². The summed E-state index contributed by atoms with van der Waals surface area (Å²) in [6.45, 7) is 11.5. The van der Waals surface area contributed by atoms with E-state index in [9.17, 15) is 5.11 Å². The Morgan fingerprint density at radius 3 is 2.45 bits per heavy atom. The van der Waals surface area contributed by atoms with Crippen molar-refractivity contribution in [1.82, 2.24) is 4.90 Å². The summed E-state index contributed by atoms with van der Waals surface area (Å²) in [5, 5.41) is 9.96. The van der Waals surface area contributed by atoms with Gasteiger partial charge < -0.3 is 5.11 Å². The summed E-state index contributed by atoms with van der Waals surface area (Å²) < 4.78 is 0. The first-order chi connectivity index (χ1) is 9.46. The number of piperidine rings is 1. The molecular formula is C18H29NO. The van der Waals surface area contributed by atoms with Crippen molar-refractivity contribution in [2.45, 2.75) is 45.6 Å². The molecule has 1 aromatic carbocycles. The Morgan fingerprint density at radius 1 is 1.20 bits per heavy atom. The lowest BCUT2D eigenvalue weighted by molar-refractivity contribution is 0.0454. The second-order valence-corrected chi connectivity index (χ2v) is 7.07. The van der Waals surface area contributed by atoms with E-state index < -0.39 is 0 Å². The van der Waals surface area contributed by atoms with Crippen molar-refractivity contribution in [3.63, 3.8) is 0 Å². The quantitative estimate of drug-likeness (QED) is 0.911. The maximum absolute atomic E-state index is 9.96. The molecule has 1 aliphatic heterocycles. The molecule has 4 unspecified atom stereocenters. The van der Waals surface area contributed by atoms with Gasteiger partial charge in [-0.05, 0) is 30.7 Å². The summed E-state index contributed by atoms with van der Waals surface area (Å²) in [7, 11) is 0. The second-order valence-electron chi connectivity index (χ2n) is 7.07. The van der Waals surface area contributed by atoms with Crippen LogP contribution in [0.5, 0.6) is 0 Å². The Morgan fingerprint density at radius 2 is 1.85 bits per heavy atom. The van der Waals surface area contributed by atoms with Crippen LogP contribution < -0.4 is 0 Å². The van der Waals surface area contributed by atoms with Crippen LogP contribution in [0.25, 0.3) is 0 Å². The minimum Gasteiger partial charge on any atom is -0.395 e. The van der Waals surface area contributed by atoms with Gasteiger partial charge in [-0.15, -0.1) is 0 Å². The van der Waals surface area contributed by atoms with Crippen LogP contribution in [-0.4, -0.2) is 35.7 Å². The van der Waals surface area contributed by atoms with Gasteiger partial charge in [0.2, 0.25) is 0 Å². The first kappa shape index (κ1) is 15.5. The van der Waals surface area contributed by atoms with Crippen LogP contribution in [0, 0.1) is 11.8 Å². The van der Waals surface area contributed by atoms with Crippen molar-refractivity contribution < 1.29 is 5.11 Å². The molecule has 2 rings (SSSR count). The molecule has 1 heterocycles. The molecule has 0 saturated carbocycles. The van der Waals surface area contributed by atoms with Crippen molar-refractivity contribution in [2.24, 2.45) is 11.8 Å². The highest BCUT2D eigenvalue weighted by molar-refractivity contribution is 5.25. The molecule has 2 heteroatoms. The molecule has 0 aliphatic carbocycles. The highest BCUT2D eigenvalue weighted by Crippen LogP contribution is 2.31. The van der Waals surface area contributed by atoms with Crippen molar-refractivity contribution in [3.8, 4) is 0 Å². The van der Waals surface area contributed by atoms with E-state index in [0.717, 1.165) is 24.9 Å². The number of rotatable bonds is 4. The molecular weight excluding hydrogens is 246 g/mol. The molecule has 0 aromatic heterocycles. The molecule has 0 spiro atoms. The zero-order chi connectivity index (χ0) is 14.8. The maximum Gasteiger partial charge on any atom is 0.0537 e. The maximum atomic E-state index is 9.96. The molecule has 0 bridgehead atoms. The Bertz CT molecular complexity index is 419. The predicted molar refractivity (Wildman–Crippen MR) is 84.9 cm³/mol. The second kappa shape index (κ2) is 6.28. The standard InChI is InChI=1S/C18H29NO/c1-14-10-15(2)16(3)19(11-14)12-18(4,13-20)17-8-6-5-7-9-17/h5-9,14-16,20H,10-13H2,1-4H3. The van der Waals surface area contributed by atoms with Crippen molar-refractivity contribution in [2.75, 3.05) is 19.7 Å². The van der Waals surface area contributed by atoms with Gasteiger partial charge in [-0.25, -0.2) is 0 Å². The molecule has 1 N–H and O–H groups in total. The van der Waals surface area contributed by atoms with Crippen molar-refractivity contribution in [3.05, 3.63) is 35.9 Å². The summed E-state index contributed by atoms with van der Waals surface area (Å²) in [5.74, 6) is 1.48. The van der Waals surface area contributed by atoms with E-state index in [4.69, 9.17) is 0 Å². The third-order valence-corrected chi connectivity index (χ3v) is 5.09. The van der Waals surface area contributed by atoms with Crippen LogP contribution in [0.3, 0.4) is 0 Å². The van der Waals surface area contributed by atoms with E-state index >= 15 is 0 Å². The summed E-state index contributed by atoms with van der Waals surface area (Å²) in [5.41, 5.74) is 1.06. The highest BCUT2D eigenvalue weighted by Gasteiger charge is 2.35. The van der Waals surface area contributed by atoms with Crippen molar-refractivity contribution in [1.29, 1.82) is 0 Å². The number of aliphatic hydroxyl groups is 1. The molecule has 0 radical (unpaired) electrons. The molecule has 4 atom stereocenters. The normalized spacial score (nSPS) is 30.9. The number of aliphatic hydroxyl groups excluding tert-OH is 1. The van der Waals surface area contributed by atoms with Crippen LogP contribution in [0.2, 0.25) is 0 Å². The number of hydrogen-bond donors (Lipinski definition) is 1. The SMILES string of the molecule is CC1CC(C)C(C)N(CC(C)(CO)c2ccccc2)C1. The molecule has 112 valence electrons. The fraction of sp³-hybridized carbons (Fsp3) is 0.667. The number of nitrogens with zero attached hydrogens (tertiary/aromatic N) is 1. The molecule has 1 aromatic rings. The summed E-state index contributed by atoms with van der Waals surface area (Å²) in [6, 6.07) is 11.0. The summed E-state index contributed by atoms with van der Waals surface area (Å²) in [4.78, 5) is 2.57. The number of hydrogen-bond acceptors (Lipinski definition) is 2. The lowest BCUT2D eigenvalue weighted by atomic mass is 9.79. The fourth-order valence-corrected chi connectivity index (χ4v) is 3.56. The third-order valence-electron chi connectivity index (χ3n) is 5.09. The van der Waals surface area contributed by atoms with E-state index in [1.165, 1.54) is 12.0 Å². The number of likely N-dealkylation sites (tertiary alicyclic amines) is 1.